The number of anilines is 1. The Balaban J connectivity index is 2.28. The van der Waals surface area contributed by atoms with Gasteiger partial charge in [-0.3, -0.25) is 0 Å². The molecule has 21 heavy (non-hydrogen) atoms. The standard InChI is InChI=1S/C16H20ClN3O/c1-3-7-14-19-15(17)11(2)16(20-14)18-13(10-21)12-8-5-4-6-9-12/h4-6,8-9,13,21H,3,7,10H2,1-2H3,(H,18,19,20). The average Bonchev–Trinajstić information content (AvgIpc) is 2.50. The molecule has 0 aliphatic carbocycles. The highest BCUT2D eigenvalue weighted by atomic mass is 35.5. The fraction of sp³-hybridized carbons (Fsp3) is 0.375. The molecule has 1 heterocycles. The molecule has 1 aromatic heterocycles. The predicted octanol–water partition coefficient (Wildman–Crippen LogP) is 3.54. The second kappa shape index (κ2) is 7.38. The molecule has 2 N–H and O–H groups in total. The first kappa shape index (κ1) is 15.7. The minimum absolute atomic E-state index is 0.0197. The summed E-state index contributed by atoms with van der Waals surface area (Å²) in [6.45, 7) is 3.93. The van der Waals surface area contributed by atoms with Gasteiger partial charge in [0.2, 0.25) is 0 Å². The monoisotopic (exact) mass is 305 g/mol. The lowest BCUT2D eigenvalue weighted by molar-refractivity contribution is 0.276. The maximum Gasteiger partial charge on any atom is 0.137 e. The summed E-state index contributed by atoms with van der Waals surface area (Å²) in [5.74, 6) is 1.40. The molecular weight excluding hydrogens is 286 g/mol. The molecule has 2 aromatic rings. The van der Waals surface area contributed by atoms with E-state index >= 15 is 0 Å². The van der Waals surface area contributed by atoms with E-state index in [1.54, 1.807) is 0 Å². The Morgan fingerprint density at radius 3 is 2.57 bits per heavy atom. The van der Waals surface area contributed by atoms with Crippen molar-refractivity contribution < 1.29 is 5.11 Å². The highest BCUT2D eigenvalue weighted by Crippen LogP contribution is 2.24. The van der Waals surface area contributed by atoms with Gasteiger partial charge in [-0.1, -0.05) is 48.9 Å². The van der Waals surface area contributed by atoms with Gasteiger partial charge in [0.15, 0.2) is 0 Å². The van der Waals surface area contributed by atoms with Crippen molar-refractivity contribution in [3.8, 4) is 0 Å². The number of hydrogen-bond donors (Lipinski definition) is 2. The van der Waals surface area contributed by atoms with Gasteiger partial charge in [-0.25, -0.2) is 9.97 Å². The Hall–Kier alpha value is -1.65. The van der Waals surface area contributed by atoms with Crippen LogP contribution in [0.3, 0.4) is 0 Å². The van der Waals surface area contributed by atoms with E-state index in [1.807, 2.05) is 37.3 Å². The van der Waals surface area contributed by atoms with Crippen LogP contribution in [0.5, 0.6) is 0 Å². The van der Waals surface area contributed by atoms with E-state index in [9.17, 15) is 5.11 Å². The zero-order valence-corrected chi connectivity index (χ0v) is 13.1. The van der Waals surface area contributed by atoms with Gasteiger partial charge in [0.05, 0.1) is 12.6 Å². The summed E-state index contributed by atoms with van der Waals surface area (Å²) >= 11 is 6.17. The molecule has 0 radical (unpaired) electrons. The molecule has 0 aliphatic heterocycles. The summed E-state index contributed by atoms with van der Waals surface area (Å²) in [7, 11) is 0. The summed E-state index contributed by atoms with van der Waals surface area (Å²) in [4.78, 5) is 8.80. The molecule has 0 saturated heterocycles. The van der Waals surface area contributed by atoms with E-state index in [-0.39, 0.29) is 12.6 Å². The zero-order valence-electron chi connectivity index (χ0n) is 12.3. The normalized spacial score (nSPS) is 12.2. The van der Waals surface area contributed by atoms with Crippen LogP contribution in [0.25, 0.3) is 0 Å². The van der Waals surface area contributed by atoms with Gasteiger partial charge in [-0.15, -0.1) is 0 Å². The maximum atomic E-state index is 9.63. The van der Waals surface area contributed by atoms with Crippen LogP contribution in [0.1, 0.15) is 36.3 Å². The maximum absolute atomic E-state index is 9.63. The molecule has 112 valence electrons. The van der Waals surface area contributed by atoms with Gasteiger partial charge < -0.3 is 10.4 Å². The van der Waals surface area contributed by atoms with Crippen LogP contribution < -0.4 is 5.32 Å². The molecular formula is C16H20ClN3O. The zero-order chi connectivity index (χ0) is 15.2. The van der Waals surface area contributed by atoms with Crippen molar-refractivity contribution in [1.29, 1.82) is 0 Å². The predicted molar refractivity (Wildman–Crippen MR) is 85.7 cm³/mol. The van der Waals surface area contributed by atoms with Gasteiger partial charge >= 0.3 is 0 Å². The molecule has 4 nitrogen and oxygen atoms in total. The Kier molecular flexibility index (Phi) is 5.53. The number of aliphatic hydroxyl groups is 1. The molecule has 0 bridgehead atoms. The van der Waals surface area contributed by atoms with Crippen molar-refractivity contribution >= 4 is 17.4 Å². The quantitative estimate of drug-likeness (QED) is 0.802. The smallest absolute Gasteiger partial charge is 0.137 e. The number of rotatable bonds is 6. The summed E-state index contributed by atoms with van der Waals surface area (Å²) in [6.07, 6.45) is 1.74. The van der Waals surface area contributed by atoms with E-state index in [0.29, 0.717) is 11.0 Å². The number of nitrogens with zero attached hydrogens (tertiary/aromatic N) is 2. The van der Waals surface area contributed by atoms with Gasteiger partial charge in [0, 0.05) is 12.0 Å². The number of hydrogen-bond acceptors (Lipinski definition) is 4. The molecule has 1 atom stereocenters. The lowest BCUT2D eigenvalue weighted by atomic mass is 10.1. The van der Waals surface area contributed by atoms with Gasteiger partial charge in [0.1, 0.15) is 16.8 Å². The van der Waals surface area contributed by atoms with Crippen LogP contribution in [-0.4, -0.2) is 21.7 Å². The van der Waals surface area contributed by atoms with Crippen molar-refractivity contribution in [3.05, 3.63) is 52.4 Å². The fourth-order valence-electron chi connectivity index (χ4n) is 2.09. The van der Waals surface area contributed by atoms with Crippen LogP contribution in [0.2, 0.25) is 5.15 Å². The lowest BCUT2D eigenvalue weighted by Gasteiger charge is -2.19. The third-order valence-corrected chi connectivity index (χ3v) is 3.67. The lowest BCUT2D eigenvalue weighted by Crippen LogP contribution is -2.17. The summed E-state index contributed by atoms with van der Waals surface area (Å²) in [5.41, 5.74) is 1.80. The van der Waals surface area contributed by atoms with E-state index in [1.165, 1.54) is 0 Å². The molecule has 0 spiro atoms. The summed E-state index contributed by atoms with van der Waals surface area (Å²) < 4.78 is 0. The number of aliphatic hydroxyl groups excluding tert-OH is 1. The Labute approximate surface area is 130 Å². The van der Waals surface area contributed by atoms with Crippen LogP contribution in [0, 0.1) is 6.92 Å². The minimum Gasteiger partial charge on any atom is -0.394 e. The highest BCUT2D eigenvalue weighted by Gasteiger charge is 2.15. The number of nitrogens with one attached hydrogen (secondary N) is 1. The number of aryl methyl sites for hydroxylation is 1. The minimum atomic E-state index is -0.217. The topological polar surface area (TPSA) is 58.0 Å². The van der Waals surface area contributed by atoms with Crippen LogP contribution in [0.15, 0.2) is 30.3 Å². The highest BCUT2D eigenvalue weighted by molar-refractivity contribution is 6.30. The van der Waals surface area contributed by atoms with E-state index in [2.05, 4.69) is 22.2 Å². The second-order valence-electron chi connectivity index (χ2n) is 4.94. The summed E-state index contributed by atoms with van der Waals surface area (Å²) in [6, 6.07) is 9.57. The van der Waals surface area contributed by atoms with Crippen molar-refractivity contribution in [2.75, 3.05) is 11.9 Å². The van der Waals surface area contributed by atoms with Gasteiger partial charge in [-0.05, 0) is 18.9 Å². The molecule has 2 rings (SSSR count). The SMILES string of the molecule is CCCc1nc(Cl)c(C)c(NC(CO)c2ccccc2)n1. The average molecular weight is 306 g/mol. The molecule has 1 unspecified atom stereocenters. The molecule has 0 saturated carbocycles. The molecule has 0 aliphatic rings. The number of aromatic nitrogens is 2. The number of benzene rings is 1. The molecule has 0 amide bonds. The van der Waals surface area contributed by atoms with Crippen molar-refractivity contribution in [2.24, 2.45) is 0 Å². The Bertz CT molecular complexity index is 590. The molecule has 5 heteroatoms. The first-order valence-corrected chi connectivity index (χ1v) is 7.48. The van der Waals surface area contributed by atoms with Crippen LogP contribution in [0.4, 0.5) is 5.82 Å². The first-order valence-electron chi connectivity index (χ1n) is 7.11. The number of halogens is 1. The van der Waals surface area contributed by atoms with E-state index in [0.717, 1.165) is 29.8 Å². The Morgan fingerprint density at radius 2 is 1.95 bits per heavy atom. The van der Waals surface area contributed by atoms with Crippen molar-refractivity contribution in [3.63, 3.8) is 0 Å². The third-order valence-electron chi connectivity index (χ3n) is 3.30. The first-order chi connectivity index (χ1) is 10.2. The van der Waals surface area contributed by atoms with Crippen molar-refractivity contribution in [1.82, 2.24) is 9.97 Å². The largest absolute Gasteiger partial charge is 0.394 e. The molecule has 0 fully saturated rings. The van der Waals surface area contributed by atoms with Crippen LogP contribution >= 0.6 is 11.6 Å². The fourth-order valence-corrected chi connectivity index (χ4v) is 2.28. The second-order valence-corrected chi connectivity index (χ2v) is 5.30. The van der Waals surface area contributed by atoms with Gasteiger partial charge in [0.25, 0.3) is 0 Å². The molecule has 1 aromatic carbocycles. The van der Waals surface area contributed by atoms with Crippen LogP contribution in [-0.2, 0) is 6.42 Å². The third kappa shape index (κ3) is 3.93. The Morgan fingerprint density at radius 1 is 1.24 bits per heavy atom. The van der Waals surface area contributed by atoms with E-state index in [4.69, 9.17) is 11.6 Å². The van der Waals surface area contributed by atoms with Crippen molar-refractivity contribution in [2.45, 2.75) is 32.7 Å². The van der Waals surface area contributed by atoms with Gasteiger partial charge in [-0.2, -0.15) is 0 Å². The summed E-state index contributed by atoms with van der Waals surface area (Å²) in [5, 5.41) is 13.4. The van der Waals surface area contributed by atoms with E-state index < -0.39 is 0 Å².